The first-order valence-electron chi connectivity index (χ1n) is 9.54. The zero-order valence-corrected chi connectivity index (χ0v) is 17.2. The van der Waals surface area contributed by atoms with Crippen LogP contribution >= 0.6 is 0 Å². The molecule has 30 heavy (non-hydrogen) atoms. The van der Waals surface area contributed by atoms with Gasteiger partial charge in [-0.3, -0.25) is 19.7 Å². The van der Waals surface area contributed by atoms with E-state index in [2.05, 4.69) is 16.0 Å². The van der Waals surface area contributed by atoms with Gasteiger partial charge >= 0.3 is 0 Å². The Labute approximate surface area is 175 Å². The van der Waals surface area contributed by atoms with Crippen LogP contribution in [0.3, 0.4) is 0 Å². The highest BCUT2D eigenvalue weighted by molar-refractivity contribution is 5.99. The molecule has 0 bridgehead atoms. The van der Waals surface area contributed by atoms with Gasteiger partial charge in [-0.25, -0.2) is 0 Å². The number of carbonyl (C=O) groups excluding carboxylic acids is 2. The maximum absolute atomic E-state index is 12.6. The first kappa shape index (κ1) is 22.7. The van der Waals surface area contributed by atoms with Crippen LogP contribution in [0, 0.1) is 16.0 Å². The summed E-state index contributed by atoms with van der Waals surface area (Å²) >= 11 is 0. The Morgan fingerprint density at radius 2 is 1.73 bits per heavy atom. The minimum atomic E-state index is -0.742. The summed E-state index contributed by atoms with van der Waals surface area (Å²) in [6.45, 7) is 4.19. The summed E-state index contributed by atoms with van der Waals surface area (Å²) < 4.78 is 5.20. The van der Waals surface area contributed by atoms with Crippen LogP contribution in [0.15, 0.2) is 48.5 Å². The highest BCUT2D eigenvalue weighted by atomic mass is 16.6. The number of methoxy groups -OCH3 is 1. The minimum absolute atomic E-state index is 0.0343. The van der Waals surface area contributed by atoms with Gasteiger partial charge < -0.3 is 20.7 Å². The zero-order chi connectivity index (χ0) is 22.1. The number of hydrogen-bond acceptors (Lipinski definition) is 6. The van der Waals surface area contributed by atoms with Crippen LogP contribution in [-0.2, 0) is 4.79 Å². The standard InChI is InChI=1S/C21H26N4O5/c1-14(2)19(24-20(26)15-8-4-7-11-18(15)30-3)21(27)23-13-12-22-16-9-5-6-10-17(16)25(28)29/h4-11,14,19,22H,12-13H2,1-3H3,(H,23,27)(H,24,26)/t19-/m0/s1. The van der Waals surface area contributed by atoms with E-state index in [-0.39, 0.29) is 24.1 Å². The summed E-state index contributed by atoms with van der Waals surface area (Å²) in [4.78, 5) is 35.8. The lowest BCUT2D eigenvalue weighted by atomic mass is 10.0. The molecule has 0 aliphatic heterocycles. The fraction of sp³-hybridized carbons (Fsp3) is 0.333. The Kier molecular flexibility index (Phi) is 8.16. The highest BCUT2D eigenvalue weighted by Gasteiger charge is 2.25. The average Bonchev–Trinajstić information content (AvgIpc) is 2.74. The van der Waals surface area contributed by atoms with Crippen LogP contribution in [0.25, 0.3) is 0 Å². The summed E-state index contributed by atoms with van der Waals surface area (Å²) in [5, 5.41) is 19.5. The summed E-state index contributed by atoms with van der Waals surface area (Å²) in [5.41, 5.74) is 0.686. The molecule has 0 fully saturated rings. The molecule has 1 atom stereocenters. The van der Waals surface area contributed by atoms with E-state index in [1.54, 1.807) is 42.5 Å². The van der Waals surface area contributed by atoms with Gasteiger partial charge in [0.15, 0.2) is 0 Å². The lowest BCUT2D eigenvalue weighted by Gasteiger charge is -2.22. The largest absolute Gasteiger partial charge is 0.496 e. The van der Waals surface area contributed by atoms with Gasteiger partial charge in [0.05, 0.1) is 17.6 Å². The molecule has 2 aromatic carbocycles. The van der Waals surface area contributed by atoms with Crippen molar-refractivity contribution in [3.05, 3.63) is 64.2 Å². The lowest BCUT2D eigenvalue weighted by molar-refractivity contribution is -0.384. The molecule has 2 aromatic rings. The molecule has 9 heteroatoms. The summed E-state index contributed by atoms with van der Waals surface area (Å²) in [6, 6.07) is 12.3. The van der Waals surface area contributed by atoms with Crippen molar-refractivity contribution in [2.45, 2.75) is 19.9 Å². The normalized spacial score (nSPS) is 11.5. The third kappa shape index (κ3) is 5.94. The van der Waals surface area contributed by atoms with Crippen LogP contribution in [0.2, 0.25) is 0 Å². The number of anilines is 1. The second kappa shape index (κ2) is 10.8. The number of nitrogens with zero attached hydrogens (tertiary/aromatic N) is 1. The molecule has 2 rings (SSSR count). The van der Waals surface area contributed by atoms with E-state index in [1.165, 1.54) is 13.2 Å². The molecule has 0 aliphatic rings. The number of para-hydroxylation sites is 3. The number of nitro groups is 1. The number of rotatable bonds is 10. The smallest absolute Gasteiger partial charge is 0.292 e. The topological polar surface area (TPSA) is 123 Å². The van der Waals surface area contributed by atoms with Crippen molar-refractivity contribution in [2.75, 3.05) is 25.5 Å². The van der Waals surface area contributed by atoms with Crippen molar-refractivity contribution < 1.29 is 19.2 Å². The molecule has 0 aromatic heterocycles. The molecule has 0 saturated heterocycles. The Bertz CT molecular complexity index is 900. The average molecular weight is 414 g/mol. The molecule has 0 aliphatic carbocycles. The molecular formula is C21H26N4O5. The zero-order valence-electron chi connectivity index (χ0n) is 17.2. The van der Waals surface area contributed by atoms with Crippen LogP contribution in [0.1, 0.15) is 24.2 Å². The Morgan fingerprint density at radius 3 is 2.40 bits per heavy atom. The third-order valence-corrected chi connectivity index (χ3v) is 4.43. The molecule has 0 unspecified atom stereocenters. The number of carbonyl (C=O) groups is 2. The van der Waals surface area contributed by atoms with Crippen molar-refractivity contribution in [3.63, 3.8) is 0 Å². The third-order valence-electron chi connectivity index (χ3n) is 4.43. The Balaban J connectivity index is 1.93. The van der Waals surface area contributed by atoms with Crippen molar-refractivity contribution >= 4 is 23.2 Å². The van der Waals surface area contributed by atoms with Gasteiger partial charge in [0.25, 0.3) is 11.6 Å². The van der Waals surface area contributed by atoms with E-state index in [9.17, 15) is 19.7 Å². The van der Waals surface area contributed by atoms with Gasteiger partial charge in [-0.2, -0.15) is 0 Å². The monoisotopic (exact) mass is 414 g/mol. The van der Waals surface area contributed by atoms with Gasteiger partial charge in [0.2, 0.25) is 5.91 Å². The van der Waals surface area contributed by atoms with Crippen LogP contribution in [0.5, 0.6) is 5.75 Å². The van der Waals surface area contributed by atoms with Gasteiger partial charge in [0.1, 0.15) is 17.5 Å². The fourth-order valence-corrected chi connectivity index (χ4v) is 2.86. The Morgan fingerprint density at radius 1 is 1.07 bits per heavy atom. The number of amides is 2. The number of hydrogen-bond donors (Lipinski definition) is 3. The Hall–Kier alpha value is -3.62. The summed E-state index contributed by atoms with van der Waals surface area (Å²) in [6.07, 6.45) is 0. The minimum Gasteiger partial charge on any atom is -0.496 e. The van der Waals surface area contributed by atoms with Gasteiger partial charge in [-0.1, -0.05) is 38.1 Å². The van der Waals surface area contributed by atoms with Crippen LogP contribution in [0.4, 0.5) is 11.4 Å². The van der Waals surface area contributed by atoms with Crippen molar-refractivity contribution in [3.8, 4) is 5.75 Å². The van der Waals surface area contributed by atoms with E-state index >= 15 is 0 Å². The molecule has 0 radical (unpaired) electrons. The molecular weight excluding hydrogens is 388 g/mol. The molecule has 9 nitrogen and oxygen atoms in total. The van der Waals surface area contributed by atoms with E-state index in [4.69, 9.17) is 4.74 Å². The molecule has 0 heterocycles. The van der Waals surface area contributed by atoms with E-state index in [0.717, 1.165) is 0 Å². The van der Waals surface area contributed by atoms with Gasteiger partial charge in [-0.15, -0.1) is 0 Å². The van der Waals surface area contributed by atoms with Crippen molar-refractivity contribution in [1.29, 1.82) is 0 Å². The number of benzene rings is 2. The second-order valence-corrected chi connectivity index (χ2v) is 6.89. The molecule has 0 saturated carbocycles. The fourth-order valence-electron chi connectivity index (χ4n) is 2.86. The first-order valence-corrected chi connectivity index (χ1v) is 9.54. The quantitative estimate of drug-likeness (QED) is 0.312. The maximum atomic E-state index is 12.6. The molecule has 0 spiro atoms. The summed E-state index contributed by atoms with van der Waals surface area (Å²) in [7, 11) is 1.48. The van der Waals surface area contributed by atoms with E-state index in [0.29, 0.717) is 23.5 Å². The molecule has 2 amide bonds. The van der Waals surface area contributed by atoms with Crippen LogP contribution < -0.4 is 20.7 Å². The molecule has 160 valence electrons. The number of nitro benzene ring substituents is 1. The first-order chi connectivity index (χ1) is 14.3. The number of ether oxygens (including phenoxy) is 1. The SMILES string of the molecule is COc1ccccc1C(=O)N[C@H](C(=O)NCCNc1ccccc1[N+](=O)[O-])C(C)C. The van der Waals surface area contributed by atoms with Crippen molar-refractivity contribution in [1.82, 2.24) is 10.6 Å². The lowest BCUT2D eigenvalue weighted by Crippen LogP contribution is -2.50. The predicted molar refractivity (Wildman–Crippen MR) is 114 cm³/mol. The number of nitrogens with one attached hydrogen (secondary N) is 3. The van der Waals surface area contributed by atoms with Crippen molar-refractivity contribution in [2.24, 2.45) is 5.92 Å². The highest BCUT2D eigenvalue weighted by Crippen LogP contribution is 2.22. The predicted octanol–water partition coefficient (Wildman–Crippen LogP) is 2.59. The molecule has 3 N–H and O–H groups in total. The van der Waals surface area contributed by atoms with Gasteiger partial charge in [0, 0.05) is 19.2 Å². The van der Waals surface area contributed by atoms with Crippen LogP contribution in [-0.4, -0.2) is 43.0 Å². The maximum Gasteiger partial charge on any atom is 0.292 e. The second-order valence-electron chi connectivity index (χ2n) is 6.89. The summed E-state index contributed by atoms with van der Waals surface area (Å²) in [5.74, 6) is -0.463. The van der Waals surface area contributed by atoms with E-state index < -0.39 is 16.9 Å². The van der Waals surface area contributed by atoms with E-state index in [1.807, 2.05) is 13.8 Å². The van der Waals surface area contributed by atoms with Gasteiger partial charge in [-0.05, 0) is 24.1 Å².